The van der Waals surface area contributed by atoms with E-state index in [-0.39, 0.29) is 18.1 Å². The van der Waals surface area contributed by atoms with Crippen molar-refractivity contribution in [3.05, 3.63) is 54.3 Å². The van der Waals surface area contributed by atoms with Gasteiger partial charge >= 0.3 is 0 Å². The van der Waals surface area contributed by atoms with Crippen LogP contribution in [0.15, 0.2) is 48.7 Å². The van der Waals surface area contributed by atoms with E-state index in [0.717, 1.165) is 0 Å². The summed E-state index contributed by atoms with van der Waals surface area (Å²) in [5, 5.41) is 12.3. The Labute approximate surface area is 107 Å². The molecule has 0 heterocycles. The van der Waals surface area contributed by atoms with Crippen molar-refractivity contribution in [1.29, 1.82) is 0 Å². The highest BCUT2D eigenvalue weighted by molar-refractivity contribution is 5.83. The van der Waals surface area contributed by atoms with Gasteiger partial charge in [0.05, 0.1) is 6.04 Å². The highest BCUT2D eigenvalue weighted by Gasteiger charge is 2.15. The van der Waals surface area contributed by atoms with Gasteiger partial charge in [-0.05, 0) is 24.6 Å². The SMILES string of the molecule is C=C/C(=C\C)NC(=O)C(N)Cc1ccccc1O. The second kappa shape index (κ2) is 6.61. The van der Waals surface area contributed by atoms with Crippen molar-refractivity contribution in [2.45, 2.75) is 19.4 Å². The van der Waals surface area contributed by atoms with Gasteiger partial charge in [-0.3, -0.25) is 4.79 Å². The van der Waals surface area contributed by atoms with Crippen LogP contribution in [0.25, 0.3) is 0 Å². The number of hydrogen-bond donors (Lipinski definition) is 3. The lowest BCUT2D eigenvalue weighted by Gasteiger charge is -2.13. The molecule has 4 nitrogen and oxygen atoms in total. The smallest absolute Gasteiger partial charge is 0.241 e. The van der Waals surface area contributed by atoms with Crippen molar-refractivity contribution in [1.82, 2.24) is 5.32 Å². The molecule has 18 heavy (non-hydrogen) atoms. The first-order chi connectivity index (χ1) is 8.58. The molecule has 1 amide bonds. The zero-order chi connectivity index (χ0) is 13.5. The third-order valence-electron chi connectivity index (χ3n) is 2.57. The number of rotatable bonds is 5. The van der Waals surface area contributed by atoms with Crippen LogP contribution < -0.4 is 11.1 Å². The minimum atomic E-state index is -0.715. The van der Waals surface area contributed by atoms with Crippen LogP contribution in [0.1, 0.15) is 12.5 Å². The van der Waals surface area contributed by atoms with Gasteiger partial charge in [0.25, 0.3) is 0 Å². The molecule has 4 heteroatoms. The summed E-state index contributed by atoms with van der Waals surface area (Å²) in [5.74, 6) is -0.151. The zero-order valence-corrected chi connectivity index (χ0v) is 10.4. The number of benzene rings is 1. The lowest BCUT2D eigenvalue weighted by atomic mass is 10.0. The molecule has 96 valence electrons. The fourth-order valence-electron chi connectivity index (χ4n) is 1.49. The molecule has 0 saturated heterocycles. The molecular weight excluding hydrogens is 228 g/mol. The molecule has 1 rings (SSSR count). The highest BCUT2D eigenvalue weighted by Crippen LogP contribution is 2.16. The van der Waals surface area contributed by atoms with Crippen LogP contribution in [-0.2, 0) is 11.2 Å². The van der Waals surface area contributed by atoms with Crippen LogP contribution in [0.3, 0.4) is 0 Å². The lowest BCUT2D eigenvalue weighted by Crippen LogP contribution is -2.41. The number of nitrogens with one attached hydrogen (secondary N) is 1. The lowest BCUT2D eigenvalue weighted by molar-refractivity contribution is -0.121. The van der Waals surface area contributed by atoms with Gasteiger partial charge in [-0.15, -0.1) is 0 Å². The summed E-state index contributed by atoms with van der Waals surface area (Å²) in [6.45, 7) is 5.38. The number of hydrogen-bond acceptors (Lipinski definition) is 3. The second-order valence-electron chi connectivity index (χ2n) is 3.88. The van der Waals surface area contributed by atoms with Crippen molar-refractivity contribution in [2.75, 3.05) is 0 Å². The minimum absolute atomic E-state index is 0.149. The quantitative estimate of drug-likeness (QED) is 0.689. The first-order valence-corrected chi connectivity index (χ1v) is 5.70. The van der Waals surface area contributed by atoms with E-state index < -0.39 is 6.04 Å². The van der Waals surface area contributed by atoms with E-state index in [0.29, 0.717) is 11.3 Å². The molecule has 1 atom stereocenters. The summed E-state index contributed by atoms with van der Waals surface area (Å²) in [7, 11) is 0. The summed E-state index contributed by atoms with van der Waals surface area (Å²) in [5.41, 5.74) is 7.06. The Morgan fingerprint density at radius 2 is 2.22 bits per heavy atom. The number of para-hydroxylation sites is 1. The molecule has 0 aliphatic carbocycles. The standard InChI is InChI=1S/C14H18N2O2/c1-3-11(4-2)16-14(18)12(15)9-10-7-5-6-8-13(10)17/h3-8,12,17H,1,9,15H2,2H3,(H,16,18)/b11-4+. The van der Waals surface area contributed by atoms with Crippen molar-refractivity contribution in [3.63, 3.8) is 0 Å². The first kappa shape index (κ1) is 14.0. The molecular formula is C14H18N2O2. The average molecular weight is 246 g/mol. The Morgan fingerprint density at radius 3 is 2.78 bits per heavy atom. The van der Waals surface area contributed by atoms with Crippen LogP contribution in [0.5, 0.6) is 5.75 Å². The van der Waals surface area contributed by atoms with Crippen LogP contribution in [0.4, 0.5) is 0 Å². The monoisotopic (exact) mass is 246 g/mol. The van der Waals surface area contributed by atoms with E-state index in [2.05, 4.69) is 11.9 Å². The molecule has 0 aliphatic rings. The number of allylic oxidation sites excluding steroid dienone is 2. The van der Waals surface area contributed by atoms with E-state index in [1.54, 1.807) is 43.3 Å². The molecule has 0 spiro atoms. The summed E-state index contributed by atoms with van der Waals surface area (Å²) >= 11 is 0. The fraction of sp³-hybridized carbons (Fsp3) is 0.214. The van der Waals surface area contributed by atoms with E-state index in [1.165, 1.54) is 0 Å². The number of nitrogens with two attached hydrogens (primary N) is 1. The maximum absolute atomic E-state index is 11.8. The largest absolute Gasteiger partial charge is 0.508 e. The molecule has 1 aromatic rings. The Bertz CT molecular complexity index is 467. The summed E-state index contributed by atoms with van der Waals surface area (Å²) in [6, 6.07) is 6.11. The Balaban J connectivity index is 2.66. The number of amides is 1. The molecule has 0 radical (unpaired) electrons. The van der Waals surface area contributed by atoms with Crippen molar-refractivity contribution < 1.29 is 9.90 Å². The summed E-state index contributed by atoms with van der Waals surface area (Å²) in [4.78, 5) is 11.8. The summed E-state index contributed by atoms with van der Waals surface area (Å²) in [6.07, 6.45) is 3.56. The number of carbonyl (C=O) groups is 1. The maximum atomic E-state index is 11.8. The molecule has 0 saturated carbocycles. The molecule has 4 N–H and O–H groups in total. The topological polar surface area (TPSA) is 75.4 Å². The maximum Gasteiger partial charge on any atom is 0.241 e. The molecule has 0 aliphatic heterocycles. The summed E-state index contributed by atoms with van der Waals surface area (Å²) < 4.78 is 0. The van der Waals surface area contributed by atoms with E-state index in [9.17, 15) is 9.90 Å². The van der Waals surface area contributed by atoms with E-state index in [1.807, 2.05) is 0 Å². The van der Waals surface area contributed by atoms with Crippen LogP contribution in [0, 0.1) is 0 Å². The van der Waals surface area contributed by atoms with E-state index in [4.69, 9.17) is 5.73 Å². The first-order valence-electron chi connectivity index (χ1n) is 5.70. The second-order valence-corrected chi connectivity index (χ2v) is 3.88. The minimum Gasteiger partial charge on any atom is -0.508 e. The van der Waals surface area contributed by atoms with Crippen molar-refractivity contribution in [2.24, 2.45) is 5.73 Å². The van der Waals surface area contributed by atoms with Gasteiger partial charge < -0.3 is 16.2 Å². The number of aromatic hydroxyl groups is 1. The predicted octanol–water partition coefficient (Wildman–Crippen LogP) is 1.47. The van der Waals surface area contributed by atoms with Gasteiger partial charge in [-0.2, -0.15) is 0 Å². The number of phenolic OH excluding ortho intramolecular Hbond substituents is 1. The van der Waals surface area contributed by atoms with Gasteiger partial charge in [0.1, 0.15) is 5.75 Å². The van der Waals surface area contributed by atoms with E-state index >= 15 is 0 Å². The van der Waals surface area contributed by atoms with Crippen molar-refractivity contribution in [3.8, 4) is 5.75 Å². The Kier molecular flexibility index (Phi) is 5.14. The van der Waals surface area contributed by atoms with Gasteiger partial charge in [0, 0.05) is 12.1 Å². The third kappa shape index (κ3) is 3.75. The molecule has 1 unspecified atom stereocenters. The van der Waals surface area contributed by atoms with Crippen molar-refractivity contribution >= 4 is 5.91 Å². The van der Waals surface area contributed by atoms with Gasteiger partial charge in [0.15, 0.2) is 0 Å². The molecule has 0 bridgehead atoms. The number of carbonyl (C=O) groups excluding carboxylic acids is 1. The third-order valence-corrected chi connectivity index (χ3v) is 2.57. The highest BCUT2D eigenvalue weighted by atomic mass is 16.3. The van der Waals surface area contributed by atoms with Gasteiger partial charge in [0.2, 0.25) is 5.91 Å². The van der Waals surface area contributed by atoms with Gasteiger partial charge in [-0.1, -0.05) is 30.9 Å². The zero-order valence-electron chi connectivity index (χ0n) is 10.4. The predicted molar refractivity (Wildman–Crippen MR) is 71.9 cm³/mol. The Hall–Kier alpha value is -2.07. The van der Waals surface area contributed by atoms with Crippen LogP contribution in [0.2, 0.25) is 0 Å². The van der Waals surface area contributed by atoms with Crippen LogP contribution in [-0.4, -0.2) is 17.1 Å². The molecule has 0 aromatic heterocycles. The average Bonchev–Trinajstić information content (AvgIpc) is 2.38. The fourth-order valence-corrected chi connectivity index (χ4v) is 1.49. The molecule has 0 fully saturated rings. The van der Waals surface area contributed by atoms with Gasteiger partial charge in [-0.25, -0.2) is 0 Å². The Morgan fingerprint density at radius 1 is 1.56 bits per heavy atom. The number of phenols is 1. The molecule has 1 aromatic carbocycles. The van der Waals surface area contributed by atoms with Crippen LogP contribution >= 0.6 is 0 Å². The normalized spacial score (nSPS) is 12.9.